The predicted octanol–water partition coefficient (Wildman–Crippen LogP) is 0.389. The van der Waals surface area contributed by atoms with Gasteiger partial charge in [-0.2, -0.15) is 0 Å². The average Bonchev–Trinajstić information content (AvgIpc) is 3.07. The highest BCUT2D eigenvalue weighted by Crippen LogP contribution is 2.21. The first kappa shape index (κ1) is 22.9. The van der Waals surface area contributed by atoms with Gasteiger partial charge in [0, 0.05) is 39.3 Å². The van der Waals surface area contributed by atoms with Gasteiger partial charge in [-0.05, 0) is 26.2 Å². The summed E-state index contributed by atoms with van der Waals surface area (Å²) in [6, 6.07) is 0. The predicted molar refractivity (Wildman–Crippen MR) is 109 cm³/mol. The van der Waals surface area contributed by atoms with Gasteiger partial charge < -0.3 is 19.7 Å². The highest BCUT2D eigenvalue weighted by atomic mass is 127. The van der Waals surface area contributed by atoms with Gasteiger partial charge in [0.1, 0.15) is 6.10 Å². The van der Waals surface area contributed by atoms with Gasteiger partial charge in [0.25, 0.3) is 0 Å². The van der Waals surface area contributed by atoms with Crippen LogP contribution in [0.2, 0.25) is 0 Å². The number of hydrogen-bond donors (Lipinski definition) is 2. The summed E-state index contributed by atoms with van der Waals surface area (Å²) in [7, 11) is -3.13. The molecular formula is C15H31IN4O4S. The molecular weight excluding hydrogens is 459 g/mol. The van der Waals surface area contributed by atoms with E-state index in [-0.39, 0.29) is 36.2 Å². The summed E-state index contributed by atoms with van der Waals surface area (Å²) in [4.78, 5) is 6.83. The third-order valence-corrected chi connectivity index (χ3v) is 4.80. The van der Waals surface area contributed by atoms with Crippen molar-refractivity contribution in [2.75, 3.05) is 52.2 Å². The fraction of sp³-hybridized carbons (Fsp3) is 0.933. The van der Waals surface area contributed by atoms with Gasteiger partial charge in [0.15, 0.2) is 5.96 Å². The molecule has 25 heavy (non-hydrogen) atoms. The van der Waals surface area contributed by atoms with Crippen LogP contribution in [0.3, 0.4) is 0 Å². The number of nitrogens with one attached hydrogen (secondary N) is 2. The van der Waals surface area contributed by atoms with Crippen LogP contribution in [0.1, 0.15) is 26.2 Å². The lowest BCUT2D eigenvalue weighted by atomic mass is 10.1. The second-order valence-electron chi connectivity index (χ2n) is 6.16. The lowest BCUT2D eigenvalue weighted by Gasteiger charge is -2.37. The van der Waals surface area contributed by atoms with Crippen LogP contribution in [0.25, 0.3) is 0 Å². The molecule has 2 aliphatic rings. The van der Waals surface area contributed by atoms with Crippen molar-refractivity contribution >= 4 is 40.0 Å². The molecule has 2 rings (SSSR count). The number of sulfonamides is 1. The molecule has 0 saturated carbocycles. The number of guanidine groups is 1. The Kier molecular flexibility index (Phi) is 10.5. The number of hydrogen-bond acceptors (Lipinski definition) is 5. The number of nitrogens with zero attached hydrogens (tertiary/aromatic N) is 2. The summed E-state index contributed by atoms with van der Waals surface area (Å²) in [5, 5.41) is 3.31. The van der Waals surface area contributed by atoms with Crippen molar-refractivity contribution < 1.29 is 17.9 Å². The lowest BCUT2D eigenvalue weighted by Crippen LogP contribution is -2.53. The van der Waals surface area contributed by atoms with Crippen LogP contribution >= 0.6 is 24.0 Å². The van der Waals surface area contributed by atoms with Gasteiger partial charge in [0.2, 0.25) is 10.0 Å². The third kappa shape index (κ3) is 8.37. The maximum Gasteiger partial charge on any atom is 0.208 e. The Morgan fingerprint density at radius 3 is 2.68 bits per heavy atom. The van der Waals surface area contributed by atoms with Crippen molar-refractivity contribution in [1.82, 2.24) is 14.9 Å². The summed E-state index contributed by atoms with van der Waals surface area (Å²) >= 11 is 0. The van der Waals surface area contributed by atoms with Crippen molar-refractivity contribution in [3.8, 4) is 0 Å². The van der Waals surface area contributed by atoms with Crippen molar-refractivity contribution in [3.63, 3.8) is 0 Å². The van der Waals surface area contributed by atoms with Gasteiger partial charge in [-0.25, -0.2) is 13.1 Å². The van der Waals surface area contributed by atoms with Gasteiger partial charge in [-0.3, -0.25) is 4.99 Å². The van der Waals surface area contributed by atoms with E-state index < -0.39 is 10.0 Å². The molecule has 10 heteroatoms. The molecule has 148 valence electrons. The number of halogens is 1. The van der Waals surface area contributed by atoms with E-state index in [2.05, 4.69) is 19.9 Å². The fourth-order valence-corrected chi connectivity index (χ4v) is 3.45. The number of aliphatic imine (C=N–C) groups is 1. The van der Waals surface area contributed by atoms with E-state index in [1.807, 2.05) is 6.92 Å². The summed E-state index contributed by atoms with van der Waals surface area (Å²) in [6.07, 6.45) is 4.28. The second-order valence-corrected chi connectivity index (χ2v) is 8.00. The van der Waals surface area contributed by atoms with E-state index >= 15 is 0 Å². The zero-order valence-electron chi connectivity index (χ0n) is 15.1. The monoisotopic (exact) mass is 490 g/mol. The van der Waals surface area contributed by atoms with Crippen LogP contribution in [-0.2, 0) is 19.5 Å². The highest BCUT2D eigenvalue weighted by molar-refractivity contribution is 14.0. The Bertz CT molecular complexity index is 512. The SMILES string of the molecule is CCNC(=NCCCNS(C)(=O)=O)N1CCOC(C2CCCO2)C1.I. The summed E-state index contributed by atoms with van der Waals surface area (Å²) in [6.45, 7) is 6.89. The van der Waals surface area contributed by atoms with Crippen molar-refractivity contribution in [3.05, 3.63) is 0 Å². The van der Waals surface area contributed by atoms with Crippen molar-refractivity contribution in [2.24, 2.45) is 4.99 Å². The molecule has 0 radical (unpaired) electrons. The smallest absolute Gasteiger partial charge is 0.208 e. The average molecular weight is 490 g/mol. The van der Waals surface area contributed by atoms with E-state index in [9.17, 15) is 8.42 Å². The molecule has 2 N–H and O–H groups in total. The quantitative estimate of drug-likeness (QED) is 0.232. The molecule has 0 amide bonds. The fourth-order valence-electron chi connectivity index (χ4n) is 2.94. The van der Waals surface area contributed by atoms with E-state index in [1.54, 1.807) is 0 Å². The maximum atomic E-state index is 11.0. The van der Waals surface area contributed by atoms with Gasteiger partial charge >= 0.3 is 0 Å². The first-order valence-electron chi connectivity index (χ1n) is 8.70. The molecule has 2 fully saturated rings. The van der Waals surface area contributed by atoms with E-state index in [0.29, 0.717) is 26.1 Å². The number of morpholine rings is 1. The zero-order valence-corrected chi connectivity index (χ0v) is 18.2. The molecule has 0 aromatic heterocycles. The van der Waals surface area contributed by atoms with Crippen LogP contribution in [-0.4, -0.2) is 83.7 Å². The minimum Gasteiger partial charge on any atom is -0.375 e. The van der Waals surface area contributed by atoms with Gasteiger partial charge in [0.05, 0.1) is 19.0 Å². The van der Waals surface area contributed by atoms with Gasteiger partial charge in [-0.1, -0.05) is 0 Å². The second kappa shape index (κ2) is 11.5. The normalized spacial score (nSPS) is 24.9. The number of ether oxygens (including phenoxy) is 2. The lowest BCUT2D eigenvalue weighted by molar-refractivity contribution is -0.0817. The van der Waals surface area contributed by atoms with E-state index in [1.165, 1.54) is 6.26 Å². The van der Waals surface area contributed by atoms with E-state index in [4.69, 9.17) is 9.47 Å². The van der Waals surface area contributed by atoms with Gasteiger partial charge in [-0.15, -0.1) is 24.0 Å². The standard InChI is InChI=1S/C15H30N4O4S.HI/c1-3-16-15(17-7-5-8-18-24(2,20)21)19-9-11-23-14(12-19)13-6-4-10-22-13;/h13-14,18H,3-12H2,1-2H3,(H,16,17);1H. The molecule has 2 aliphatic heterocycles. The Hall–Kier alpha value is -0.170. The largest absolute Gasteiger partial charge is 0.375 e. The molecule has 0 aromatic carbocycles. The Morgan fingerprint density at radius 1 is 1.28 bits per heavy atom. The van der Waals surface area contributed by atoms with Crippen LogP contribution in [0.15, 0.2) is 4.99 Å². The first-order chi connectivity index (χ1) is 11.5. The Morgan fingerprint density at radius 2 is 2.04 bits per heavy atom. The van der Waals surface area contributed by atoms with Crippen LogP contribution in [0, 0.1) is 0 Å². The third-order valence-electron chi connectivity index (χ3n) is 4.07. The van der Waals surface area contributed by atoms with Crippen molar-refractivity contribution in [1.29, 1.82) is 0 Å². The molecule has 0 aromatic rings. The van der Waals surface area contributed by atoms with E-state index in [0.717, 1.165) is 45.0 Å². The molecule has 2 heterocycles. The minimum absolute atomic E-state index is 0. The first-order valence-corrected chi connectivity index (χ1v) is 10.6. The summed E-state index contributed by atoms with van der Waals surface area (Å²) < 4.78 is 36.2. The topological polar surface area (TPSA) is 92.3 Å². The molecule has 8 nitrogen and oxygen atoms in total. The Balaban J connectivity index is 0.00000312. The van der Waals surface area contributed by atoms with Crippen LogP contribution in [0.4, 0.5) is 0 Å². The number of rotatable bonds is 7. The molecule has 2 unspecified atom stereocenters. The molecule has 2 saturated heterocycles. The minimum atomic E-state index is -3.13. The van der Waals surface area contributed by atoms with Crippen LogP contribution in [0.5, 0.6) is 0 Å². The Labute approximate surface area is 168 Å². The zero-order chi connectivity index (χ0) is 17.4. The summed E-state index contributed by atoms with van der Waals surface area (Å²) in [5.74, 6) is 0.864. The molecule has 0 spiro atoms. The maximum absolute atomic E-state index is 11.0. The molecule has 0 aliphatic carbocycles. The van der Waals surface area contributed by atoms with Crippen molar-refractivity contribution in [2.45, 2.75) is 38.4 Å². The summed E-state index contributed by atoms with van der Waals surface area (Å²) in [5.41, 5.74) is 0. The highest BCUT2D eigenvalue weighted by Gasteiger charge is 2.32. The molecule has 0 bridgehead atoms. The van der Waals surface area contributed by atoms with Crippen LogP contribution < -0.4 is 10.0 Å². The molecule has 2 atom stereocenters.